The van der Waals surface area contributed by atoms with E-state index >= 15 is 0 Å². The number of hydrogen-bond donors (Lipinski definition) is 2. The zero-order valence-electron chi connectivity index (χ0n) is 14.0. The Kier molecular flexibility index (Phi) is 4.28. The van der Waals surface area contributed by atoms with Gasteiger partial charge in [0.1, 0.15) is 5.75 Å². The van der Waals surface area contributed by atoms with Gasteiger partial charge >= 0.3 is 6.03 Å². The van der Waals surface area contributed by atoms with Crippen LogP contribution in [0.1, 0.15) is 0 Å². The number of amides is 2. The summed E-state index contributed by atoms with van der Waals surface area (Å²) < 4.78 is 7.14. The minimum absolute atomic E-state index is 0.327. The van der Waals surface area contributed by atoms with Crippen molar-refractivity contribution in [3.8, 4) is 17.0 Å². The Balaban J connectivity index is 1.56. The molecular weight excluding hydrogens is 348 g/mol. The van der Waals surface area contributed by atoms with Crippen LogP contribution < -0.4 is 15.4 Å². The van der Waals surface area contributed by atoms with Crippen LogP contribution in [0.2, 0.25) is 0 Å². The number of imidazole rings is 1. The Morgan fingerprint density at radius 2 is 2.04 bits per heavy atom. The van der Waals surface area contributed by atoms with Crippen LogP contribution in [-0.2, 0) is 0 Å². The number of para-hydroxylation sites is 1. The third-order valence-electron chi connectivity index (χ3n) is 3.87. The summed E-state index contributed by atoms with van der Waals surface area (Å²) in [6, 6.07) is 14.5. The lowest BCUT2D eigenvalue weighted by Crippen LogP contribution is -2.19. The maximum atomic E-state index is 12.4. The van der Waals surface area contributed by atoms with Gasteiger partial charge in [-0.15, -0.1) is 11.3 Å². The van der Waals surface area contributed by atoms with Gasteiger partial charge in [-0.2, -0.15) is 0 Å². The molecule has 0 saturated carbocycles. The third-order valence-corrected chi connectivity index (χ3v) is 4.64. The third kappa shape index (κ3) is 3.25. The largest absolute Gasteiger partial charge is 0.497 e. The van der Waals surface area contributed by atoms with Gasteiger partial charge in [-0.05, 0) is 18.2 Å². The Morgan fingerprint density at radius 3 is 2.88 bits per heavy atom. The molecule has 6 nitrogen and oxygen atoms in total. The number of hydrogen-bond acceptors (Lipinski definition) is 4. The highest BCUT2D eigenvalue weighted by Gasteiger charge is 2.12. The standard InChI is InChI=1S/C19H16N4O2S/c1-25-14-6-4-5-13(11-14)20-18(24)21-16-8-3-2-7-15(16)17-12-23-9-10-26-19(23)22-17/h2-12H,1H3,(H2,20,21,24). The lowest BCUT2D eigenvalue weighted by molar-refractivity contribution is 0.262. The molecule has 0 unspecified atom stereocenters. The van der Waals surface area contributed by atoms with Gasteiger partial charge in [0.25, 0.3) is 0 Å². The summed E-state index contributed by atoms with van der Waals surface area (Å²) in [6.45, 7) is 0. The number of nitrogens with one attached hydrogen (secondary N) is 2. The highest BCUT2D eigenvalue weighted by Crippen LogP contribution is 2.28. The Hall–Kier alpha value is -3.32. The van der Waals surface area contributed by atoms with E-state index in [0.717, 1.165) is 16.2 Å². The number of anilines is 2. The fraction of sp³-hybridized carbons (Fsp3) is 0.0526. The number of rotatable bonds is 4. The van der Waals surface area contributed by atoms with Crippen molar-refractivity contribution < 1.29 is 9.53 Å². The monoisotopic (exact) mass is 364 g/mol. The van der Waals surface area contributed by atoms with Crippen molar-refractivity contribution in [1.29, 1.82) is 0 Å². The molecule has 2 N–H and O–H groups in total. The van der Waals surface area contributed by atoms with E-state index in [0.29, 0.717) is 17.1 Å². The van der Waals surface area contributed by atoms with Crippen molar-refractivity contribution in [1.82, 2.24) is 9.38 Å². The second kappa shape index (κ2) is 6.89. The van der Waals surface area contributed by atoms with Crippen molar-refractivity contribution in [2.24, 2.45) is 0 Å². The number of fused-ring (bicyclic) bond motifs is 1. The molecule has 2 aromatic heterocycles. The van der Waals surface area contributed by atoms with Crippen molar-refractivity contribution in [3.05, 3.63) is 66.3 Å². The van der Waals surface area contributed by atoms with Crippen molar-refractivity contribution in [2.45, 2.75) is 0 Å². The molecular formula is C19H16N4O2S. The topological polar surface area (TPSA) is 67.7 Å². The first-order chi connectivity index (χ1) is 12.7. The van der Waals surface area contributed by atoms with Crippen LogP contribution in [0.3, 0.4) is 0 Å². The zero-order chi connectivity index (χ0) is 17.9. The number of nitrogens with zero attached hydrogens (tertiary/aromatic N) is 2. The maximum absolute atomic E-state index is 12.4. The van der Waals surface area contributed by atoms with E-state index in [9.17, 15) is 4.79 Å². The lowest BCUT2D eigenvalue weighted by atomic mass is 10.1. The van der Waals surface area contributed by atoms with Crippen LogP contribution >= 0.6 is 11.3 Å². The van der Waals surface area contributed by atoms with E-state index in [1.165, 1.54) is 0 Å². The number of carbonyl (C=O) groups is 1. The van der Waals surface area contributed by atoms with E-state index in [-0.39, 0.29) is 6.03 Å². The maximum Gasteiger partial charge on any atom is 0.323 e. The molecule has 0 spiro atoms. The zero-order valence-corrected chi connectivity index (χ0v) is 14.8. The van der Waals surface area contributed by atoms with Crippen LogP contribution in [0.25, 0.3) is 16.2 Å². The first-order valence-electron chi connectivity index (χ1n) is 7.96. The summed E-state index contributed by atoms with van der Waals surface area (Å²) in [7, 11) is 1.59. The summed E-state index contributed by atoms with van der Waals surface area (Å²) in [5.74, 6) is 0.682. The smallest absolute Gasteiger partial charge is 0.323 e. The van der Waals surface area contributed by atoms with Crippen molar-refractivity contribution in [3.63, 3.8) is 0 Å². The van der Waals surface area contributed by atoms with Gasteiger partial charge in [-0.1, -0.05) is 24.3 Å². The lowest BCUT2D eigenvalue weighted by Gasteiger charge is -2.11. The first kappa shape index (κ1) is 16.2. The number of methoxy groups -OCH3 is 1. The Bertz CT molecular complexity index is 1040. The van der Waals surface area contributed by atoms with Gasteiger partial charge < -0.3 is 15.4 Å². The second-order valence-electron chi connectivity index (χ2n) is 5.58. The second-order valence-corrected chi connectivity index (χ2v) is 6.45. The molecule has 2 heterocycles. The van der Waals surface area contributed by atoms with E-state index in [4.69, 9.17) is 4.74 Å². The van der Waals surface area contributed by atoms with E-state index in [1.54, 1.807) is 30.6 Å². The van der Waals surface area contributed by atoms with E-state index in [2.05, 4.69) is 15.6 Å². The molecule has 130 valence electrons. The van der Waals surface area contributed by atoms with Crippen LogP contribution in [0.15, 0.2) is 66.3 Å². The van der Waals surface area contributed by atoms with Crippen molar-refractivity contribution >= 4 is 33.7 Å². The molecule has 0 atom stereocenters. The summed E-state index contributed by atoms with van der Waals surface area (Å²) in [5, 5.41) is 7.69. The Morgan fingerprint density at radius 1 is 1.15 bits per heavy atom. The highest BCUT2D eigenvalue weighted by molar-refractivity contribution is 7.15. The molecule has 0 radical (unpaired) electrons. The molecule has 0 bridgehead atoms. The summed E-state index contributed by atoms with van der Waals surface area (Å²) in [5.41, 5.74) is 3.03. The molecule has 0 aliphatic heterocycles. The minimum Gasteiger partial charge on any atom is -0.497 e. The van der Waals surface area contributed by atoms with E-state index < -0.39 is 0 Å². The van der Waals surface area contributed by atoms with Crippen LogP contribution in [-0.4, -0.2) is 22.5 Å². The van der Waals surface area contributed by atoms with E-state index in [1.807, 2.05) is 58.6 Å². The molecule has 2 amide bonds. The first-order valence-corrected chi connectivity index (χ1v) is 8.84. The predicted octanol–water partition coefficient (Wildman–Crippen LogP) is 4.72. The van der Waals surface area contributed by atoms with Gasteiger partial charge in [0, 0.05) is 35.1 Å². The number of urea groups is 1. The van der Waals surface area contributed by atoms with Crippen molar-refractivity contribution in [2.75, 3.05) is 17.7 Å². The number of carbonyl (C=O) groups excluding carboxylic acids is 1. The Labute approximate surface area is 154 Å². The SMILES string of the molecule is COc1cccc(NC(=O)Nc2ccccc2-c2cn3ccsc3n2)c1. The normalized spacial score (nSPS) is 10.7. The molecule has 0 fully saturated rings. The molecule has 4 rings (SSSR count). The number of ether oxygens (including phenoxy) is 1. The van der Waals surface area contributed by atoms with Gasteiger partial charge in [0.2, 0.25) is 0 Å². The molecule has 7 heteroatoms. The van der Waals surface area contributed by atoms with Gasteiger partial charge in [-0.3, -0.25) is 4.40 Å². The highest BCUT2D eigenvalue weighted by atomic mass is 32.1. The average Bonchev–Trinajstić information content (AvgIpc) is 3.24. The molecule has 0 saturated heterocycles. The molecule has 26 heavy (non-hydrogen) atoms. The number of thiazole rings is 1. The van der Waals surface area contributed by atoms with Gasteiger partial charge in [-0.25, -0.2) is 9.78 Å². The fourth-order valence-corrected chi connectivity index (χ4v) is 3.36. The quantitative estimate of drug-likeness (QED) is 0.551. The molecule has 0 aliphatic carbocycles. The molecule has 2 aromatic carbocycles. The van der Waals surface area contributed by atoms with Gasteiger partial charge in [0.05, 0.1) is 18.5 Å². The van der Waals surface area contributed by atoms with Gasteiger partial charge in [0.15, 0.2) is 4.96 Å². The summed E-state index contributed by atoms with van der Waals surface area (Å²) >= 11 is 1.57. The fourth-order valence-electron chi connectivity index (χ4n) is 2.66. The minimum atomic E-state index is -0.327. The van der Waals surface area contributed by atoms with Crippen LogP contribution in [0.5, 0.6) is 5.75 Å². The van der Waals surface area contributed by atoms with Crippen LogP contribution in [0, 0.1) is 0 Å². The predicted molar refractivity (Wildman–Crippen MR) is 104 cm³/mol. The molecule has 0 aliphatic rings. The number of benzene rings is 2. The number of aromatic nitrogens is 2. The summed E-state index contributed by atoms with van der Waals surface area (Å²) in [6.07, 6.45) is 3.91. The molecule has 4 aromatic rings. The van der Waals surface area contributed by atoms with Crippen LogP contribution in [0.4, 0.5) is 16.2 Å². The average molecular weight is 364 g/mol. The summed E-state index contributed by atoms with van der Waals surface area (Å²) in [4.78, 5) is 17.9.